The van der Waals surface area contributed by atoms with Crippen LogP contribution in [0.5, 0.6) is 0 Å². The van der Waals surface area contributed by atoms with Crippen LogP contribution in [0, 0.1) is 0 Å². The topological polar surface area (TPSA) is 3.24 Å². The van der Waals surface area contributed by atoms with E-state index in [1.54, 1.807) is 18.0 Å². The summed E-state index contributed by atoms with van der Waals surface area (Å²) in [6, 6.07) is 0. The van der Waals surface area contributed by atoms with Crippen LogP contribution in [-0.2, 0) is 0 Å². The predicted octanol–water partition coefficient (Wildman–Crippen LogP) is 2.12. The van der Waals surface area contributed by atoms with E-state index >= 15 is 0 Å². The minimum absolute atomic E-state index is 1.66. The summed E-state index contributed by atoms with van der Waals surface area (Å²) in [4.78, 5) is 1.90. The van der Waals surface area contributed by atoms with Crippen LogP contribution >= 0.6 is 11.8 Å². The van der Waals surface area contributed by atoms with E-state index in [2.05, 4.69) is 6.58 Å². The SMILES string of the molecule is C=CN1C=CSC=C1. The lowest BCUT2D eigenvalue weighted by atomic mass is 10.7. The molecule has 0 aliphatic carbocycles. The van der Waals surface area contributed by atoms with E-state index in [0.717, 1.165) is 0 Å². The van der Waals surface area contributed by atoms with Crippen LogP contribution in [0.1, 0.15) is 0 Å². The average molecular weight is 125 g/mol. The summed E-state index contributed by atoms with van der Waals surface area (Å²) in [5.41, 5.74) is 0. The van der Waals surface area contributed by atoms with Crippen LogP contribution in [-0.4, -0.2) is 4.90 Å². The Balaban J connectivity index is 2.54. The second-order valence-corrected chi connectivity index (χ2v) is 2.15. The zero-order valence-electron chi connectivity index (χ0n) is 4.45. The lowest BCUT2D eigenvalue weighted by Crippen LogP contribution is -1.98. The van der Waals surface area contributed by atoms with E-state index in [4.69, 9.17) is 0 Å². The van der Waals surface area contributed by atoms with Gasteiger partial charge >= 0.3 is 0 Å². The van der Waals surface area contributed by atoms with Crippen molar-refractivity contribution >= 4 is 11.8 Å². The summed E-state index contributed by atoms with van der Waals surface area (Å²) in [5, 5.41) is 4.00. The molecule has 0 spiro atoms. The van der Waals surface area contributed by atoms with Crippen LogP contribution in [0.2, 0.25) is 0 Å². The first-order valence-corrected chi connectivity index (χ1v) is 3.26. The molecule has 0 atom stereocenters. The van der Waals surface area contributed by atoms with Gasteiger partial charge in [-0.3, -0.25) is 0 Å². The fourth-order valence-electron chi connectivity index (χ4n) is 0.428. The van der Waals surface area contributed by atoms with Crippen molar-refractivity contribution < 1.29 is 0 Å². The van der Waals surface area contributed by atoms with Gasteiger partial charge < -0.3 is 4.90 Å². The number of nitrogens with zero attached hydrogens (tertiary/aromatic N) is 1. The third-order valence-electron chi connectivity index (χ3n) is 0.834. The van der Waals surface area contributed by atoms with Crippen LogP contribution < -0.4 is 0 Å². The van der Waals surface area contributed by atoms with E-state index in [1.165, 1.54) is 0 Å². The van der Waals surface area contributed by atoms with Crippen LogP contribution in [0.15, 0.2) is 36.0 Å². The fraction of sp³-hybridized carbons (Fsp3) is 0. The summed E-state index contributed by atoms with van der Waals surface area (Å²) < 4.78 is 0. The number of rotatable bonds is 1. The summed E-state index contributed by atoms with van der Waals surface area (Å²) in [6.45, 7) is 3.60. The lowest BCUT2D eigenvalue weighted by molar-refractivity contribution is 0.697. The molecule has 0 saturated heterocycles. The molecule has 8 heavy (non-hydrogen) atoms. The molecular formula is C6H7NS. The van der Waals surface area contributed by atoms with Gasteiger partial charge in [0.15, 0.2) is 0 Å². The summed E-state index contributed by atoms with van der Waals surface area (Å²) in [6.07, 6.45) is 5.67. The minimum Gasteiger partial charge on any atom is -0.330 e. The molecule has 1 aliphatic rings. The molecule has 0 saturated carbocycles. The van der Waals surface area contributed by atoms with E-state index in [1.807, 2.05) is 28.1 Å². The molecule has 0 aromatic carbocycles. The third-order valence-corrected chi connectivity index (χ3v) is 1.39. The molecule has 1 nitrogen and oxygen atoms in total. The molecule has 42 valence electrons. The van der Waals surface area contributed by atoms with Crippen molar-refractivity contribution in [2.45, 2.75) is 0 Å². The first kappa shape index (κ1) is 5.51. The normalized spacial score (nSPS) is 16.8. The monoisotopic (exact) mass is 125 g/mol. The van der Waals surface area contributed by atoms with Gasteiger partial charge in [0.2, 0.25) is 0 Å². The van der Waals surface area contributed by atoms with Crippen molar-refractivity contribution in [1.82, 2.24) is 4.90 Å². The standard InChI is InChI=1S/C6H7NS/c1-2-7-3-5-8-6-4-7/h2-6H,1H2. The van der Waals surface area contributed by atoms with Gasteiger partial charge in [0.1, 0.15) is 0 Å². The predicted molar refractivity (Wildman–Crippen MR) is 37.9 cm³/mol. The highest BCUT2D eigenvalue weighted by Crippen LogP contribution is 2.11. The first-order chi connectivity index (χ1) is 3.93. The lowest BCUT2D eigenvalue weighted by Gasteiger charge is -2.09. The zero-order valence-corrected chi connectivity index (χ0v) is 5.27. The molecule has 0 unspecified atom stereocenters. The van der Waals surface area contributed by atoms with Gasteiger partial charge in [0.25, 0.3) is 0 Å². The number of hydrogen-bond donors (Lipinski definition) is 0. The quantitative estimate of drug-likeness (QED) is 0.528. The molecule has 0 bridgehead atoms. The molecule has 0 radical (unpaired) electrons. The molecule has 0 aromatic rings. The molecule has 1 rings (SSSR count). The van der Waals surface area contributed by atoms with Crippen molar-refractivity contribution in [3.8, 4) is 0 Å². The molecule has 0 fully saturated rings. The Morgan fingerprint density at radius 2 is 2.00 bits per heavy atom. The minimum atomic E-state index is 1.66. The van der Waals surface area contributed by atoms with E-state index in [-0.39, 0.29) is 0 Å². The van der Waals surface area contributed by atoms with Gasteiger partial charge in [-0.15, -0.1) is 11.8 Å². The highest BCUT2D eigenvalue weighted by atomic mass is 32.2. The van der Waals surface area contributed by atoms with Crippen LogP contribution in [0.25, 0.3) is 0 Å². The van der Waals surface area contributed by atoms with E-state index in [9.17, 15) is 0 Å². The molecule has 2 heteroatoms. The van der Waals surface area contributed by atoms with Crippen LogP contribution in [0.3, 0.4) is 0 Å². The summed E-state index contributed by atoms with van der Waals surface area (Å²) in [7, 11) is 0. The maximum atomic E-state index is 3.60. The van der Waals surface area contributed by atoms with Gasteiger partial charge in [0.05, 0.1) is 0 Å². The molecule has 0 aromatic heterocycles. The van der Waals surface area contributed by atoms with Crippen molar-refractivity contribution in [1.29, 1.82) is 0 Å². The average Bonchev–Trinajstić information content (AvgIpc) is 1.90. The Morgan fingerprint density at radius 1 is 1.38 bits per heavy atom. The van der Waals surface area contributed by atoms with E-state index in [0.29, 0.717) is 0 Å². The zero-order chi connectivity index (χ0) is 5.82. The van der Waals surface area contributed by atoms with Crippen molar-refractivity contribution in [2.24, 2.45) is 0 Å². The maximum absolute atomic E-state index is 3.60. The van der Waals surface area contributed by atoms with Crippen molar-refractivity contribution in [3.05, 3.63) is 36.0 Å². The Labute approximate surface area is 53.4 Å². The molecular weight excluding hydrogens is 118 g/mol. The molecule has 1 aliphatic heterocycles. The van der Waals surface area contributed by atoms with Crippen molar-refractivity contribution in [3.63, 3.8) is 0 Å². The largest absolute Gasteiger partial charge is 0.330 e. The molecule has 0 N–H and O–H groups in total. The Morgan fingerprint density at radius 3 is 2.38 bits per heavy atom. The Hall–Kier alpha value is -0.630. The maximum Gasteiger partial charge on any atom is 0.0148 e. The van der Waals surface area contributed by atoms with Crippen LogP contribution in [0.4, 0.5) is 0 Å². The molecule has 0 amide bonds. The van der Waals surface area contributed by atoms with Gasteiger partial charge in [-0.1, -0.05) is 6.58 Å². The Kier molecular flexibility index (Phi) is 1.80. The molecule has 1 heterocycles. The van der Waals surface area contributed by atoms with Gasteiger partial charge in [-0.2, -0.15) is 0 Å². The highest BCUT2D eigenvalue weighted by molar-refractivity contribution is 8.04. The van der Waals surface area contributed by atoms with Crippen molar-refractivity contribution in [2.75, 3.05) is 0 Å². The second kappa shape index (κ2) is 2.62. The number of hydrogen-bond acceptors (Lipinski definition) is 2. The van der Waals surface area contributed by atoms with Gasteiger partial charge in [0, 0.05) is 18.6 Å². The van der Waals surface area contributed by atoms with E-state index < -0.39 is 0 Å². The second-order valence-electron chi connectivity index (χ2n) is 1.34. The fourth-order valence-corrected chi connectivity index (χ4v) is 0.940. The Bertz CT molecular complexity index is 125. The highest BCUT2D eigenvalue weighted by Gasteiger charge is 1.87. The number of thioether (sulfide) groups is 1. The first-order valence-electron chi connectivity index (χ1n) is 2.32. The van der Waals surface area contributed by atoms with Gasteiger partial charge in [-0.25, -0.2) is 0 Å². The summed E-state index contributed by atoms with van der Waals surface area (Å²) >= 11 is 1.66. The third kappa shape index (κ3) is 1.17. The smallest absolute Gasteiger partial charge is 0.0148 e. The summed E-state index contributed by atoms with van der Waals surface area (Å²) in [5.74, 6) is 0. The van der Waals surface area contributed by atoms with Gasteiger partial charge in [-0.05, 0) is 10.8 Å².